The van der Waals surface area contributed by atoms with E-state index in [9.17, 15) is 9.59 Å². The molecule has 30 heavy (non-hydrogen) atoms. The second-order valence-electron chi connectivity index (χ2n) is 8.05. The molecule has 2 amide bonds. The van der Waals surface area contributed by atoms with Gasteiger partial charge in [0.05, 0.1) is 6.04 Å². The number of hydrogen-bond acceptors (Lipinski definition) is 3. The smallest absolute Gasteiger partial charge is 0.268 e. The summed E-state index contributed by atoms with van der Waals surface area (Å²) in [5, 5.41) is 6.90. The van der Waals surface area contributed by atoms with Gasteiger partial charge in [-0.15, -0.1) is 6.42 Å². The van der Waals surface area contributed by atoms with Gasteiger partial charge in [-0.1, -0.05) is 56.2 Å². The van der Waals surface area contributed by atoms with Gasteiger partial charge in [-0.2, -0.15) is 11.8 Å². The van der Waals surface area contributed by atoms with Crippen LogP contribution in [0.4, 0.5) is 0 Å². The molecule has 1 aliphatic carbocycles. The highest BCUT2D eigenvalue weighted by Gasteiger charge is 2.27. The normalized spacial score (nSPS) is 16.5. The maximum atomic E-state index is 13.0. The summed E-state index contributed by atoms with van der Waals surface area (Å²) in [5.41, 5.74) is 1.37. The topological polar surface area (TPSA) is 74.0 Å². The number of H-pyrrole nitrogens is 1. The van der Waals surface area contributed by atoms with Crippen LogP contribution in [0, 0.1) is 18.3 Å². The summed E-state index contributed by atoms with van der Waals surface area (Å²) in [6.45, 7) is 0. The highest BCUT2D eigenvalue weighted by molar-refractivity contribution is 7.98. The van der Waals surface area contributed by atoms with Crippen molar-refractivity contribution in [1.82, 2.24) is 15.6 Å². The lowest BCUT2D eigenvalue weighted by atomic mass is 9.84. The largest absolute Gasteiger partial charge is 0.351 e. The fourth-order valence-electron chi connectivity index (χ4n) is 4.12. The van der Waals surface area contributed by atoms with Crippen LogP contribution in [0.5, 0.6) is 0 Å². The van der Waals surface area contributed by atoms with Crippen LogP contribution in [0.25, 0.3) is 10.9 Å². The van der Waals surface area contributed by atoms with E-state index in [1.807, 2.05) is 36.6 Å². The third-order valence-corrected chi connectivity index (χ3v) is 6.46. The number of carbonyl (C=O) groups is 2. The van der Waals surface area contributed by atoms with Crippen LogP contribution < -0.4 is 10.6 Å². The molecule has 0 bridgehead atoms. The highest BCUT2D eigenvalue weighted by atomic mass is 32.2. The van der Waals surface area contributed by atoms with Crippen LogP contribution >= 0.6 is 11.8 Å². The van der Waals surface area contributed by atoms with Gasteiger partial charge in [0.25, 0.3) is 5.91 Å². The molecule has 0 saturated heterocycles. The summed E-state index contributed by atoms with van der Waals surface area (Å²) >= 11 is 1.70. The summed E-state index contributed by atoms with van der Waals surface area (Å²) in [6, 6.07) is 8.67. The number of para-hydroxylation sites is 1. The van der Waals surface area contributed by atoms with E-state index in [0.29, 0.717) is 18.0 Å². The molecular weight excluding hydrogens is 394 g/mol. The van der Waals surface area contributed by atoms with Gasteiger partial charge in [-0.25, -0.2) is 0 Å². The van der Waals surface area contributed by atoms with Crippen molar-refractivity contribution in [2.45, 2.75) is 57.0 Å². The minimum Gasteiger partial charge on any atom is -0.351 e. The van der Waals surface area contributed by atoms with Crippen LogP contribution in [-0.4, -0.2) is 40.9 Å². The van der Waals surface area contributed by atoms with E-state index in [0.717, 1.165) is 35.9 Å². The Kier molecular flexibility index (Phi) is 8.27. The molecule has 3 N–H and O–H groups in total. The molecule has 0 spiro atoms. The molecule has 3 rings (SSSR count). The number of nitrogens with one attached hydrogen (secondary N) is 3. The Balaban J connectivity index is 1.71. The number of terminal acetylenes is 1. The quantitative estimate of drug-likeness (QED) is 0.530. The number of carbonyl (C=O) groups excluding carboxylic acids is 2. The van der Waals surface area contributed by atoms with Crippen molar-refractivity contribution in [2.75, 3.05) is 12.0 Å². The third-order valence-electron chi connectivity index (χ3n) is 5.82. The lowest BCUT2D eigenvalue weighted by Gasteiger charge is -2.27. The molecule has 0 unspecified atom stereocenters. The summed E-state index contributed by atoms with van der Waals surface area (Å²) < 4.78 is 0. The van der Waals surface area contributed by atoms with E-state index in [1.165, 1.54) is 19.3 Å². The van der Waals surface area contributed by atoms with Gasteiger partial charge < -0.3 is 15.6 Å². The van der Waals surface area contributed by atoms with Crippen molar-refractivity contribution in [2.24, 2.45) is 5.92 Å². The molecule has 2 aromatic rings. The number of hydrogen-bond donors (Lipinski definition) is 3. The molecule has 1 aliphatic rings. The minimum atomic E-state index is -0.586. The van der Waals surface area contributed by atoms with Gasteiger partial charge in [-0.05, 0) is 42.9 Å². The van der Waals surface area contributed by atoms with Crippen molar-refractivity contribution in [3.05, 3.63) is 36.0 Å². The van der Waals surface area contributed by atoms with E-state index in [1.54, 1.807) is 11.8 Å². The number of fused-ring (bicyclic) bond motifs is 1. The predicted octanol–water partition coefficient (Wildman–Crippen LogP) is 4.11. The Hall–Kier alpha value is -2.39. The fraction of sp³-hybridized carbons (Fsp3) is 0.500. The van der Waals surface area contributed by atoms with Crippen LogP contribution in [0.15, 0.2) is 30.3 Å². The van der Waals surface area contributed by atoms with E-state index in [-0.39, 0.29) is 17.9 Å². The van der Waals surface area contributed by atoms with E-state index in [4.69, 9.17) is 6.42 Å². The first-order valence-electron chi connectivity index (χ1n) is 10.7. The van der Waals surface area contributed by atoms with Gasteiger partial charge in [0.2, 0.25) is 5.91 Å². The highest BCUT2D eigenvalue weighted by Crippen LogP contribution is 2.27. The number of benzene rings is 1. The third kappa shape index (κ3) is 6.06. The van der Waals surface area contributed by atoms with Crippen LogP contribution in [0.2, 0.25) is 0 Å². The number of thioether (sulfide) groups is 1. The first-order valence-corrected chi connectivity index (χ1v) is 12.1. The molecule has 1 fully saturated rings. The SMILES string of the molecule is C#C[C@H](CCSC)NC(=O)[C@H](CC1CCCCC1)NC(=O)c1cc2ccccc2[nH]1. The van der Waals surface area contributed by atoms with Gasteiger partial charge in [0.1, 0.15) is 11.7 Å². The Bertz CT molecular complexity index is 862. The molecule has 0 radical (unpaired) electrons. The average Bonchev–Trinajstić information content (AvgIpc) is 3.21. The zero-order valence-electron chi connectivity index (χ0n) is 17.6. The maximum absolute atomic E-state index is 13.0. The second kappa shape index (κ2) is 11.1. The number of rotatable bonds is 9. The van der Waals surface area contributed by atoms with Gasteiger partial charge >= 0.3 is 0 Å². The molecular formula is C24H31N3O2S. The van der Waals surface area contributed by atoms with Gasteiger partial charge in [0.15, 0.2) is 0 Å². The summed E-state index contributed by atoms with van der Waals surface area (Å²) in [4.78, 5) is 29.1. The lowest BCUT2D eigenvalue weighted by molar-refractivity contribution is -0.123. The monoisotopic (exact) mass is 425 g/mol. The number of aromatic nitrogens is 1. The zero-order chi connectivity index (χ0) is 21.3. The Morgan fingerprint density at radius 1 is 1.23 bits per heavy atom. The van der Waals surface area contributed by atoms with Gasteiger partial charge in [-0.3, -0.25) is 9.59 Å². The molecule has 1 aromatic heterocycles. The Morgan fingerprint density at radius 3 is 2.70 bits per heavy atom. The Morgan fingerprint density at radius 2 is 2.00 bits per heavy atom. The van der Waals surface area contributed by atoms with Crippen molar-refractivity contribution in [1.29, 1.82) is 0 Å². The van der Waals surface area contributed by atoms with E-state index < -0.39 is 6.04 Å². The Labute approximate surface area is 183 Å². The van der Waals surface area contributed by atoms with Crippen molar-refractivity contribution < 1.29 is 9.59 Å². The molecule has 5 nitrogen and oxygen atoms in total. The summed E-state index contributed by atoms with van der Waals surface area (Å²) in [5.74, 6) is 3.55. The van der Waals surface area contributed by atoms with E-state index in [2.05, 4.69) is 21.5 Å². The molecule has 6 heteroatoms. The average molecular weight is 426 g/mol. The molecule has 1 aromatic carbocycles. The molecule has 2 atom stereocenters. The van der Waals surface area contributed by atoms with Crippen molar-refractivity contribution >= 4 is 34.5 Å². The fourth-order valence-corrected chi connectivity index (χ4v) is 4.60. The maximum Gasteiger partial charge on any atom is 0.268 e. The predicted molar refractivity (Wildman–Crippen MR) is 125 cm³/mol. The second-order valence-corrected chi connectivity index (χ2v) is 9.03. The zero-order valence-corrected chi connectivity index (χ0v) is 18.4. The number of amides is 2. The first-order chi connectivity index (χ1) is 14.6. The standard InChI is InChI=1S/C24H31N3O2S/c1-3-19(13-14-30-2)25-23(28)21(15-17-9-5-4-6-10-17)27-24(29)22-16-18-11-7-8-12-20(18)26-22/h1,7-8,11-12,16-17,19,21,26H,4-6,9-10,13-15H2,2H3,(H,25,28)(H,27,29)/t19-,21+/m1/s1. The molecule has 160 valence electrons. The minimum absolute atomic E-state index is 0.186. The van der Waals surface area contributed by atoms with E-state index >= 15 is 0 Å². The van der Waals surface area contributed by atoms with Gasteiger partial charge in [0, 0.05) is 10.9 Å². The van der Waals surface area contributed by atoms with Crippen LogP contribution in [0.3, 0.4) is 0 Å². The van der Waals surface area contributed by atoms with Crippen molar-refractivity contribution in [3.8, 4) is 12.3 Å². The molecule has 1 heterocycles. The summed E-state index contributed by atoms with van der Waals surface area (Å²) in [7, 11) is 0. The van der Waals surface area contributed by atoms with Crippen LogP contribution in [0.1, 0.15) is 55.4 Å². The molecule has 0 aliphatic heterocycles. The molecule has 1 saturated carbocycles. The van der Waals surface area contributed by atoms with Crippen LogP contribution in [-0.2, 0) is 4.79 Å². The summed E-state index contributed by atoms with van der Waals surface area (Å²) in [6.07, 6.45) is 14.8. The number of aromatic amines is 1. The van der Waals surface area contributed by atoms with Crippen molar-refractivity contribution in [3.63, 3.8) is 0 Å². The lowest BCUT2D eigenvalue weighted by Crippen LogP contribution is -2.50. The first kappa shape index (κ1) is 22.3.